The molecular weight excluding hydrogens is 382 g/mol. The van der Waals surface area contributed by atoms with Crippen LogP contribution < -0.4 is 16.2 Å². The van der Waals surface area contributed by atoms with Gasteiger partial charge in [0, 0.05) is 24.8 Å². The van der Waals surface area contributed by atoms with Crippen LogP contribution in [-0.2, 0) is 11.3 Å². The van der Waals surface area contributed by atoms with E-state index in [1.54, 1.807) is 34.9 Å². The van der Waals surface area contributed by atoms with Crippen molar-refractivity contribution >= 4 is 29.2 Å². The largest absolute Gasteiger partial charge is 0.358 e. The van der Waals surface area contributed by atoms with Crippen LogP contribution in [0, 0.1) is 6.92 Å². The molecule has 0 atom stereocenters. The second-order valence-electron chi connectivity index (χ2n) is 7.39. The Bertz CT molecular complexity index is 1300. The van der Waals surface area contributed by atoms with Crippen molar-refractivity contribution in [1.29, 1.82) is 0 Å². The molecule has 0 aliphatic carbocycles. The Morgan fingerprint density at radius 1 is 1.07 bits per heavy atom. The summed E-state index contributed by atoms with van der Waals surface area (Å²) in [6.07, 6.45) is 2.25. The van der Waals surface area contributed by atoms with Gasteiger partial charge in [-0.05, 0) is 43.7 Å². The van der Waals surface area contributed by atoms with E-state index < -0.39 is 0 Å². The van der Waals surface area contributed by atoms with Crippen LogP contribution in [-0.4, -0.2) is 32.9 Å². The van der Waals surface area contributed by atoms with Crippen LogP contribution in [0.2, 0.25) is 0 Å². The average Bonchev–Trinajstić information content (AvgIpc) is 3.24. The highest BCUT2D eigenvalue weighted by atomic mass is 16.2. The average molecular weight is 401 g/mol. The van der Waals surface area contributed by atoms with Crippen molar-refractivity contribution < 1.29 is 9.59 Å². The predicted octanol–water partition coefficient (Wildman–Crippen LogP) is 2.17. The van der Waals surface area contributed by atoms with E-state index >= 15 is 0 Å². The van der Waals surface area contributed by atoms with E-state index in [1.165, 1.54) is 6.07 Å². The lowest BCUT2D eigenvalue weighted by Gasteiger charge is -2.14. The number of nitrogens with one attached hydrogen (secondary N) is 3. The number of carbonyl (C=O) groups excluding carboxylic acids is 2. The number of hydrogen-bond donors (Lipinski definition) is 3. The molecule has 2 aliphatic rings. The molecule has 0 unspecified atom stereocenters. The molecule has 2 aliphatic heterocycles. The fourth-order valence-corrected chi connectivity index (χ4v) is 3.90. The number of aryl methyl sites for hydroxylation is 1. The summed E-state index contributed by atoms with van der Waals surface area (Å²) in [5, 5.41) is 5.72. The number of aromatic amines is 1. The Hall–Kier alpha value is -3.94. The van der Waals surface area contributed by atoms with Gasteiger partial charge in [0.15, 0.2) is 0 Å². The van der Waals surface area contributed by atoms with Crippen LogP contribution in [0.1, 0.15) is 33.9 Å². The Labute approximate surface area is 171 Å². The first-order chi connectivity index (χ1) is 14.5. The molecule has 150 valence electrons. The molecular formula is C22H19N5O3. The van der Waals surface area contributed by atoms with Gasteiger partial charge in [0.1, 0.15) is 5.69 Å². The number of rotatable bonds is 0. The summed E-state index contributed by atoms with van der Waals surface area (Å²) in [4.78, 5) is 45.7. The first kappa shape index (κ1) is 18.1. The zero-order chi connectivity index (χ0) is 20.8. The second-order valence-corrected chi connectivity index (χ2v) is 7.39. The molecule has 8 heteroatoms. The molecule has 0 saturated carbocycles. The van der Waals surface area contributed by atoms with Crippen molar-refractivity contribution in [2.24, 2.45) is 0 Å². The van der Waals surface area contributed by atoms with Crippen LogP contribution in [0.15, 0.2) is 41.2 Å². The quantitative estimate of drug-likeness (QED) is 0.536. The number of aromatic nitrogens is 3. The first-order valence-corrected chi connectivity index (χ1v) is 9.74. The standard InChI is InChI=1S/C22H19N5O3/c1-12-10-13-17(24-12)11-14-20-16(26-22(14)30)7-6-15(25-20)18-4-2-5-19(28)27(18)9-3-8-23-21(13)29/h2,4-7,10-11,24H,3,8-9H2,1H3,(H,23,29)(H,26,30)/b14-11-. The molecule has 0 radical (unpaired) electrons. The van der Waals surface area contributed by atoms with Gasteiger partial charge in [0.25, 0.3) is 17.4 Å². The molecule has 30 heavy (non-hydrogen) atoms. The van der Waals surface area contributed by atoms with Gasteiger partial charge in [-0.3, -0.25) is 14.4 Å². The molecule has 2 amide bonds. The lowest BCUT2D eigenvalue weighted by molar-refractivity contribution is -0.110. The van der Waals surface area contributed by atoms with Gasteiger partial charge in [0.2, 0.25) is 0 Å². The van der Waals surface area contributed by atoms with E-state index in [0.717, 1.165) is 5.69 Å². The molecule has 3 N–H and O–H groups in total. The van der Waals surface area contributed by atoms with E-state index in [-0.39, 0.29) is 17.4 Å². The third-order valence-corrected chi connectivity index (χ3v) is 5.32. The highest BCUT2D eigenvalue weighted by Crippen LogP contribution is 2.34. The van der Waals surface area contributed by atoms with Crippen molar-refractivity contribution in [3.63, 3.8) is 0 Å². The summed E-state index contributed by atoms with van der Waals surface area (Å²) in [6.45, 7) is 2.71. The summed E-state index contributed by atoms with van der Waals surface area (Å²) in [6, 6.07) is 10.4. The number of carbonyl (C=O) groups is 2. The van der Waals surface area contributed by atoms with Gasteiger partial charge >= 0.3 is 0 Å². The van der Waals surface area contributed by atoms with Crippen molar-refractivity contribution in [2.75, 3.05) is 11.9 Å². The van der Waals surface area contributed by atoms with Crippen LogP contribution in [0.3, 0.4) is 0 Å². The smallest absolute Gasteiger partial charge is 0.258 e. The summed E-state index contributed by atoms with van der Waals surface area (Å²) >= 11 is 0. The monoisotopic (exact) mass is 401 g/mol. The number of amides is 2. The topological polar surface area (TPSA) is 109 Å². The third-order valence-electron chi connectivity index (χ3n) is 5.32. The maximum atomic E-state index is 12.7. The Kier molecular flexibility index (Phi) is 4.13. The summed E-state index contributed by atoms with van der Waals surface area (Å²) < 4.78 is 1.64. The number of nitrogens with zero attached hydrogens (tertiary/aromatic N) is 2. The first-order valence-electron chi connectivity index (χ1n) is 9.74. The molecule has 0 aromatic carbocycles. The van der Waals surface area contributed by atoms with Crippen molar-refractivity contribution in [2.45, 2.75) is 19.9 Å². The molecule has 8 nitrogen and oxygen atoms in total. The van der Waals surface area contributed by atoms with Gasteiger partial charge in [-0.15, -0.1) is 0 Å². The van der Waals surface area contributed by atoms with Crippen LogP contribution in [0.4, 0.5) is 5.69 Å². The van der Waals surface area contributed by atoms with E-state index in [2.05, 4.69) is 15.6 Å². The normalized spacial score (nSPS) is 17.2. The number of fused-ring (bicyclic) bond motifs is 4. The lowest BCUT2D eigenvalue weighted by atomic mass is 10.1. The Morgan fingerprint density at radius 2 is 1.93 bits per heavy atom. The Balaban J connectivity index is 1.75. The maximum Gasteiger partial charge on any atom is 0.258 e. The number of H-pyrrole nitrogens is 1. The van der Waals surface area contributed by atoms with E-state index in [4.69, 9.17) is 4.98 Å². The summed E-state index contributed by atoms with van der Waals surface area (Å²) in [5.74, 6) is -0.518. The molecule has 3 aromatic rings. The van der Waals surface area contributed by atoms with E-state index in [0.29, 0.717) is 59.1 Å². The molecule has 0 fully saturated rings. The van der Waals surface area contributed by atoms with Gasteiger partial charge in [-0.2, -0.15) is 0 Å². The minimum absolute atomic E-state index is 0.137. The van der Waals surface area contributed by atoms with Crippen LogP contribution >= 0.6 is 0 Å². The van der Waals surface area contributed by atoms with Crippen molar-refractivity contribution in [3.05, 3.63) is 69.4 Å². The molecule has 0 spiro atoms. The van der Waals surface area contributed by atoms with Gasteiger partial charge < -0.3 is 20.2 Å². The highest BCUT2D eigenvalue weighted by molar-refractivity contribution is 6.34. The summed E-state index contributed by atoms with van der Waals surface area (Å²) in [7, 11) is 0. The minimum Gasteiger partial charge on any atom is -0.358 e. The summed E-state index contributed by atoms with van der Waals surface area (Å²) in [5.41, 5.74) is 4.44. The van der Waals surface area contributed by atoms with Crippen molar-refractivity contribution in [1.82, 2.24) is 19.9 Å². The van der Waals surface area contributed by atoms with Gasteiger partial charge in [-0.1, -0.05) is 6.07 Å². The molecule has 3 aromatic heterocycles. The second kappa shape index (κ2) is 6.84. The number of hydrogen-bond acceptors (Lipinski definition) is 4. The Morgan fingerprint density at radius 3 is 2.80 bits per heavy atom. The highest BCUT2D eigenvalue weighted by Gasteiger charge is 2.28. The van der Waals surface area contributed by atoms with Gasteiger partial charge in [-0.25, -0.2) is 4.98 Å². The zero-order valence-electron chi connectivity index (χ0n) is 16.3. The van der Waals surface area contributed by atoms with Crippen LogP contribution in [0.25, 0.3) is 23.0 Å². The van der Waals surface area contributed by atoms with Crippen molar-refractivity contribution in [3.8, 4) is 11.4 Å². The molecule has 2 bridgehead atoms. The SMILES string of the molecule is Cc1cc2c([nH]1)/C=C1\C(=O)Nc3ccc(nc31)-c1cccc(=O)n1CCCNC2=O. The van der Waals surface area contributed by atoms with Crippen LogP contribution in [0.5, 0.6) is 0 Å². The zero-order valence-corrected chi connectivity index (χ0v) is 16.3. The molecule has 5 rings (SSSR count). The predicted molar refractivity (Wildman–Crippen MR) is 113 cm³/mol. The number of pyridine rings is 2. The maximum absolute atomic E-state index is 12.7. The minimum atomic E-state index is -0.286. The molecule has 5 heterocycles. The third kappa shape index (κ3) is 2.93. The molecule has 0 saturated heterocycles. The van der Waals surface area contributed by atoms with Gasteiger partial charge in [0.05, 0.1) is 33.9 Å². The fourth-order valence-electron chi connectivity index (χ4n) is 3.90. The van der Waals surface area contributed by atoms with E-state index in [1.807, 2.05) is 13.0 Å². The van der Waals surface area contributed by atoms with E-state index in [9.17, 15) is 14.4 Å². The number of anilines is 1. The fraction of sp³-hybridized carbons (Fsp3) is 0.182. The lowest BCUT2D eigenvalue weighted by Crippen LogP contribution is -2.28.